The van der Waals surface area contributed by atoms with Crippen LogP contribution in [0.4, 0.5) is 18.9 Å². The summed E-state index contributed by atoms with van der Waals surface area (Å²) in [6, 6.07) is 7.27. The Labute approximate surface area is 128 Å². The van der Waals surface area contributed by atoms with E-state index in [0.29, 0.717) is 11.4 Å². The summed E-state index contributed by atoms with van der Waals surface area (Å²) in [5.41, 5.74) is 0.200. The van der Waals surface area contributed by atoms with Crippen molar-refractivity contribution in [3.8, 4) is 0 Å². The van der Waals surface area contributed by atoms with E-state index in [1.807, 2.05) is 4.72 Å². The van der Waals surface area contributed by atoms with E-state index in [-0.39, 0.29) is 4.90 Å². The monoisotopic (exact) mass is 379 g/mol. The molecule has 0 radical (unpaired) electrons. The zero-order valence-corrected chi connectivity index (χ0v) is 12.8. The average molecular weight is 380 g/mol. The number of rotatable bonds is 4. The standard InChI is InChI=1S/C13H9BrF3NO2S/c14-7-8-1-3-9(4-2-8)21(19,20)18-11-6-5-10(15)12(16)13(11)17/h1-6,18H,7H2. The fourth-order valence-electron chi connectivity index (χ4n) is 1.57. The van der Waals surface area contributed by atoms with Crippen molar-refractivity contribution in [1.82, 2.24) is 0 Å². The maximum absolute atomic E-state index is 13.5. The van der Waals surface area contributed by atoms with Crippen LogP contribution in [0.3, 0.4) is 0 Å². The Morgan fingerprint density at radius 3 is 2.14 bits per heavy atom. The second-order valence-electron chi connectivity index (χ2n) is 4.11. The highest BCUT2D eigenvalue weighted by molar-refractivity contribution is 9.08. The van der Waals surface area contributed by atoms with Crippen molar-refractivity contribution < 1.29 is 21.6 Å². The minimum atomic E-state index is -4.08. The van der Waals surface area contributed by atoms with Gasteiger partial charge >= 0.3 is 0 Å². The summed E-state index contributed by atoms with van der Waals surface area (Å²) in [6.45, 7) is 0. The van der Waals surface area contributed by atoms with Gasteiger partial charge in [-0.2, -0.15) is 0 Å². The summed E-state index contributed by atoms with van der Waals surface area (Å²) in [5.74, 6) is -4.71. The van der Waals surface area contributed by atoms with Gasteiger partial charge in [-0.1, -0.05) is 28.1 Å². The summed E-state index contributed by atoms with van der Waals surface area (Å²) in [6.07, 6.45) is 0. The molecule has 2 rings (SSSR count). The Hall–Kier alpha value is -1.54. The second-order valence-corrected chi connectivity index (χ2v) is 6.35. The number of anilines is 1. The molecule has 0 bridgehead atoms. The van der Waals surface area contributed by atoms with Crippen molar-refractivity contribution in [3.63, 3.8) is 0 Å². The SMILES string of the molecule is O=S(=O)(Nc1ccc(F)c(F)c1F)c1ccc(CBr)cc1. The zero-order valence-electron chi connectivity index (χ0n) is 10.4. The summed E-state index contributed by atoms with van der Waals surface area (Å²) >= 11 is 3.22. The Kier molecular flexibility index (Phi) is 4.58. The van der Waals surface area contributed by atoms with Gasteiger partial charge in [0.15, 0.2) is 17.5 Å². The van der Waals surface area contributed by atoms with Crippen LogP contribution in [0, 0.1) is 17.5 Å². The molecule has 0 aliphatic carbocycles. The molecule has 2 aromatic carbocycles. The van der Waals surface area contributed by atoms with Crippen molar-refractivity contribution in [1.29, 1.82) is 0 Å². The smallest absolute Gasteiger partial charge is 0.261 e. The van der Waals surface area contributed by atoms with Gasteiger partial charge in [0.1, 0.15) is 0 Å². The number of nitrogens with one attached hydrogen (secondary N) is 1. The van der Waals surface area contributed by atoms with Gasteiger partial charge in [0.05, 0.1) is 10.6 Å². The van der Waals surface area contributed by atoms with E-state index >= 15 is 0 Å². The van der Waals surface area contributed by atoms with Crippen molar-refractivity contribution in [2.75, 3.05) is 4.72 Å². The van der Waals surface area contributed by atoms with E-state index < -0.39 is 33.2 Å². The minimum Gasteiger partial charge on any atom is -0.277 e. The van der Waals surface area contributed by atoms with Crippen LogP contribution in [0.5, 0.6) is 0 Å². The molecule has 1 N–H and O–H groups in total. The molecule has 0 aromatic heterocycles. The van der Waals surface area contributed by atoms with E-state index in [9.17, 15) is 21.6 Å². The fraction of sp³-hybridized carbons (Fsp3) is 0.0769. The molecule has 0 amide bonds. The van der Waals surface area contributed by atoms with Crippen LogP contribution in [-0.2, 0) is 15.4 Å². The number of halogens is 4. The lowest BCUT2D eigenvalue weighted by molar-refractivity contribution is 0.449. The molecule has 2 aromatic rings. The molecular weight excluding hydrogens is 371 g/mol. The summed E-state index contributed by atoms with van der Waals surface area (Å²) in [5, 5.41) is 0.554. The molecule has 0 heterocycles. The number of hydrogen-bond donors (Lipinski definition) is 1. The van der Waals surface area contributed by atoms with Crippen LogP contribution in [0.15, 0.2) is 41.3 Å². The molecule has 21 heavy (non-hydrogen) atoms. The molecule has 0 saturated carbocycles. The largest absolute Gasteiger partial charge is 0.277 e. The third-order valence-electron chi connectivity index (χ3n) is 2.67. The molecule has 0 fully saturated rings. The number of benzene rings is 2. The van der Waals surface area contributed by atoms with Gasteiger partial charge in [0, 0.05) is 5.33 Å². The highest BCUT2D eigenvalue weighted by Gasteiger charge is 2.19. The van der Waals surface area contributed by atoms with Crippen molar-refractivity contribution in [2.45, 2.75) is 10.2 Å². The summed E-state index contributed by atoms with van der Waals surface area (Å²) < 4.78 is 65.3. The van der Waals surface area contributed by atoms with Crippen LogP contribution < -0.4 is 4.72 Å². The van der Waals surface area contributed by atoms with E-state index in [4.69, 9.17) is 0 Å². The first-order valence-electron chi connectivity index (χ1n) is 5.66. The predicted molar refractivity (Wildman–Crippen MR) is 76.2 cm³/mol. The van der Waals surface area contributed by atoms with Gasteiger partial charge in [-0.25, -0.2) is 21.6 Å². The third-order valence-corrected chi connectivity index (χ3v) is 4.70. The first-order chi connectivity index (χ1) is 9.85. The summed E-state index contributed by atoms with van der Waals surface area (Å²) in [7, 11) is -4.08. The number of sulfonamides is 1. The first-order valence-corrected chi connectivity index (χ1v) is 8.27. The Balaban J connectivity index is 2.35. The lowest BCUT2D eigenvalue weighted by Gasteiger charge is -2.10. The number of alkyl halides is 1. The van der Waals surface area contributed by atoms with Crippen LogP contribution in [0.25, 0.3) is 0 Å². The Bertz CT molecular complexity index is 764. The maximum atomic E-state index is 13.5. The molecule has 0 aliphatic heterocycles. The highest BCUT2D eigenvalue weighted by Crippen LogP contribution is 2.23. The topological polar surface area (TPSA) is 46.2 Å². The zero-order chi connectivity index (χ0) is 15.6. The predicted octanol–water partition coefficient (Wildman–Crippen LogP) is 3.80. The van der Waals surface area contributed by atoms with Gasteiger partial charge in [-0.3, -0.25) is 4.72 Å². The molecular formula is C13H9BrF3NO2S. The summed E-state index contributed by atoms with van der Waals surface area (Å²) in [4.78, 5) is -0.115. The molecule has 0 atom stereocenters. The lowest BCUT2D eigenvalue weighted by atomic mass is 10.2. The van der Waals surface area contributed by atoms with E-state index in [1.54, 1.807) is 12.1 Å². The van der Waals surface area contributed by atoms with E-state index in [0.717, 1.165) is 11.6 Å². The van der Waals surface area contributed by atoms with Crippen molar-refractivity contribution >= 4 is 31.6 Å². The van der Waals surface area contributed by atoms with Crippen LogP contribution in [0.2, 0.25) is 0 Å². The van der Waals surface area contributed by atoms with Crippen LogP contribution in [-0.4, -0.2) is 8.42 Å². The second kappa shape index (κ2) is 6.07. The fourth-order valence-corrected chi connectivity index (χ4v) is 3.00. The van der Waals surface area contributed by atoms with Gasteiger partial charge in [-0.05, 0) is 29.8 Å². The van der Waals surface area contributed by atoms with Gasteiger partial charge in [0.25, 0.3) is 10.0 Å². The molecule has 0 spiro atoms. The van der Waals surface area contributed by atoms with Crippen LogP contribution >= 0.6 is 15.9 Å². The maximum Gasteiger partial charge on any atom is 0.261 e. The van der Waals surface area contributed by atoms with Crippen molar-refractivity contribution in [2.24, 2.45) is 0 Å². The Morgan fingerprint density at radius 1 is 0.952 bits per heavy atom. The quantitative estimate of drug-likeness (QED) is 0.648. The highest BCUT2D eigenvalue weighted by atomic mass is 79.9. The van der Waals surface area contributed by atoms with Gasteiger partial charge < -0.3 is 0 Å². The van der Waals surface area contributed by atoms with E-state index in [2.05, 4.69) is 15.9 Å². The molecule has 8 heteroatoms. The molecule has 0 unspecified atom stereocenters. The van der Waals surface area contributed by atoms with E-state index in [1.165, 1.54) is 12.1 Å². The molecule has 0 saturated heterocycles. The minimum absolute atomic E-state index is 0.115. The molecule has 112 valence electrons. The van der Waals surface area contributed by atoms with Gasteiger partial charge in [0.2, 0.25) is 0 Å². The average Bonchev–Trinajstić information content (AvgIpc) is 2.48. The molecule has 0 aliphatic rings. The van der Waals surface area contributed by atoms with Crippen molar-refractivity contribution in [3.05, 3.63) is 59.4 Å². The lowest BCUT2D eigenvalue weighted by Crippen LogP contribution is -2.14. The van der Waals surface area contributed by atoms with Gasteiger partial charge in [-0.15, -0.1) is 0 Å². The third kappa shape index (κ3) is 3.38. The number of hydrogen-bond acceptors (Lipinski definition) is 2. The van der Waals surface area contributed by atoms with Crippen LogP contribution in [0.1, 0.15) is 5.56 Å². The first kappa shape index (κ1) is 15.8. The molecule has 3 nitrogen and oxygen atoms in total. The Morgan fingerprint density at radius 2 is 1.57 bits per heavy atom. The normalized spacial score (nSPS) is 11.4.